The molecule has 1 fully saturated rings. The summed E-state index contributed by atoms with van der Waals surface area (Å²) in [6.45, 7) is 0.595. The van der Waals surface area contributed by atoms with Crippen LogP contribution in [0.2, 0.25) is 0 Å². The zero-order valence-corrected chi connectivity index (χ0v) is 16.3. The molecular formula is C20H20FN3O4S. The Morgan fingerprint density at radius 1 is 1.10 bits per heavy atom. The van der Waals surface area contributed by atoms with Crippen LogP contribution in [0.4, 0.5) is 9.18 Å². The summed E-state index contributed by atoms with van der Waals surface area (Å²) in [5.74, 6) is -0.359. The molecule has 0 aliphatic carbocycles. The number of carbonyl (C=O) groups is 1. The number of sulfone groups is 1. The molecule has 3 aromatic rings. The molecule has 1 N–H and O–H groups in total. The lowest BCUT2D eigenvalue weighted by Crippen LogP contribution is -2.42. The molecule has 0 unspecified atom stereocenters. The van der Waals surface area contributed by atoms with Gasteiger partial charge in [0.2, 0.25) is 15.0 Å². The second kappa shape index (κ2) is 7.47. The molecule has 0 atom stereocenters. The molecule has 4 rings (SSSR count). The Kier molecular flexibility index (Phi) is 4.99. The normalized spacial score (nSPS) is 15.7. The summed E-state index contributed by atoms with van der Waals surface area (Å²) in [5, 5.41) is 8.38. The van der Waals surface area contributed by atoms with Crippen molar-refractivity contribution in [2.75, 3.05) is 13.1 Å². The molecule has 7 nitrogen and oxygen atoms in total. The number of imidazole rings is 1. The van der Waals surface area contributed by atoms with Gasteiger partial charge in [0.05, 0.1) is 22.8 Å². The van der Waals surface area contributed by atoms with Gasteiger partial charge in [-0.15, -0.1) is 0 Å². The van der Waals surface area contributed by atoms with Crippen molar-refractivity contribution in [3.05, 3.63) is 59.9 Å². The first-order chi connectivity index (χ1) is 13.9. The Labute approximate surface area is 167 Å². The van der Waals surface area contributed by atoms with E-state index >= 15 is 0 Å². The third-order valence-corrected chi connectivity index (χ3v) is 7.45. The van der Waals surface area contributed by atoms with Crippen molar-refractivity contribution in [2.45, 2.75) is 29.8 Å². The number of hydrogen-bond acceptors (Lipinski definition) is 4. The van der Waals surface area contributed by atoms with Crippen LogP contribution >= 0.6 is 0 Å². The van der Waals surface area contributed by atoms with Crippen LogP contribution in [0.15, 0.2) is 53.7 Å². The zero-order valence-electron chi connectivity index (χ0n) is 15.5. The first kappa shape index (κ1) is 19.4. The minimum absolute atomic E-state index is 0.0307. The molecule has 0 bridgehead atoms. The Hall–Kier alpha value is -2.94. The minimum atomic E-state index is -3.77. The monoisotopic (exact) mass is 417 g/mol. The number of aromatic nitrogens is 2. The van der Waals surface area contributed by atoms with E-state index in [1.165, 1.54) is 17.0 Å². The molecule has 1 aliphatic heterocycles. The summed E-state index contributed by atoms with van der Waals surface area (Å²) in [4.78, 5) is 16.7. The molecule has 2 heterocycles. The topological polar surface area (TPSA) is 92.5 Å². The number of likely N-dealkylation sites (tertiary alicyclic amines) is 1. The zero-order chi connectivity index (χ0) is 20.6. The maximum Gasteiger partial charge on any atom is 0.407 e. The first-order valence-corrected chi connectivity index (χ1v) is 10.8. The van der Waals surface area contributed by atoms with Crippen molar-refractivity contribution in [1.29, 1.82) is 0 Å². The van der Waals surface area contributed by atoms with E-state index in [2.05, 4.69) is 4.98 Å². The number of fused-ring (bicyclic) bond motifs is 1. The van der Waals surface area contributed by atoms with Crippen molar-refractivity contribution in [3.63, 3.8) is 0 Å². The predicted octanol–water partition coefficient (Wildman–Crippen LogP) is 3.14. The molecular weight excluding hydrogens is 397 g/mol. The van der Waals surface area contributed by atoms with Crippen molar-refractivity contribution in [3.8, 4) is 0 Å². The molecule has 0 saturated carbocycles. The highest BCUT2D eigenvalue weighted by Crippen LogP contribution is 2.28. The summed E-state index contributed by atoms with van der Waals surface area (Å²) in [7, 11) is -3.77. The molecule has 0 spiro atoms. The fourth-order valence-corrected chi connectivity index (χ4v) is 5.53. The van der Waals surface area contributed by atoms with E-state index in [0.717, 1.165) is 5.56 Å². The van der Waals surface area contributed by atoms with E-state index in [9.17, 15) is 17.6 Å². The Bertz CT molecular complexity index is 1150. The fourth-order valence-electron chi connectivity index (χ4n) is 3.70. The maximum absolute atomic E-state index is 13.4. The molecule has 1 aliphatic rings. The highest BCUT2D eigenvalue weighted by atomic mass is 32.2. The number of halogens is 1. The van der Waals surface area contributed by atoms with Gasteiger partial charge >= 0.3 is 6.09 Å². The minimum Gasteiger partial charge on any atom is -0.465 e. The molecule has 9 heteroatoms. The van der Waals surface area contributed by atoms with Crippen LogP contribution in [0.3, 0.4) is 0 Å². The van der Waals surface area contributed by atoms with Gasteiger partial charge in [-0.1, -0.05) is 24.3 Å². The summed E-state index contributed by atoms with van der Waals surface area (Å²) in [5.41, 5.74) is 2.00. The molecule has 152 valence electrons. The number of piperidine rings is 1. The summed E-state index contributed by atoms with van der Waals surface area (Å²) in [6, 6.07) is 13.1. The van der Waals surface area contributed by atoms with Gasteiger partial charge in [0.25, 0.3) is 0 Å². The SMILES string of the molecule is O=C(O)N1CCC(S(=O)(=O)c2nc3ccccc3n2Cc2ccc(F)cc2)CC1. The van der Waals surface area contributed by atoms with E-state index in [4.69, 9.17) is 5.11 Å². The van der Waals surface area contributed by atoms with E-state index in [-0.39, 0.29) is 43.4 Å². The van der Waals surface area contributed by atoms with Crippen LogP contribution in [0.25, 0.3) is 11.0 Å². The standard InChI is InChI=1S/C20H20FN3O4S/c21-15-7-5-14(6-8-15)13-24-18-4-2-1-3-17(18)22-19(24)29(27,28)16-9-11-23(12-10-16)20(25)26/h1-8,16H,9-13H2,(H,25,26). The predicted molar refractivity (Wildman–Crippen MR) is 105 cm³/mol. The highest BCUT2D eigenvalue weighted by molar-refractivity contribution is 7.91. The molecule has 1 saturated heterocycles. The second-order valence-corrected chi connectivity index (χ2v) is 9.23. The lowest BCUT2D eigenvalue weighted by atomic mass is 10.1. The van der Waals surface area contributed by atoms with Crippen molar-refractivity contribution in [2.24, 2.45) is 0 Å². The molecule has 29 heavy (non-hydrogen) atoms. The number of hydrogen-bond donors (Lipinski definition) is 1. The van der Waals surface area contributed by atoms with E-state index in [1.807, 2.05) is 6.07 Å². The van der Waals surface area contributed by atoms with E-state index < -0.39 is 21.2 Å². The second-order valence-electron chi connectivity index (χ2n) is 7.11. The molecule has 2 aromatic carbocycles. The van der Waals surface area contributed by atoms with Gasteiger partial charge in [-0.25, -0.2) is 22.6 Å². The Balaban J connectivity index is 1.73. The summed E-state index contributed by atoms with van der Waals surface area (Å²) < 4.78 is 41.7. The van der Waals surface area contributed by atoms with Crippen molar-refractivity contribution >= 4 is 27.0 Å². The van der Waals surface area contributed by atoms with Gasteiger partial charge in [-0.2, -0.15) is 0 Å². The average molecular weight is 417 g/mol. The number of carboxylic acid groups (broad SMARTS) is 1. The maximum atomic E-state index is 13.4. The summed E-state index contributed by atoms with van der Waals surface area (Å²) >= 11 is 0. The van der Waals surface area contributed by atoms with Crippen LogP contribution in [-0.4, -0.2) is 52.4 Å². The number of amides is 1. The van der Waals surface area contributed by atoms with E-state index in [0.29, 0.717) is 11.0 Å². The van der Waals surface area contributed by atoms with Gasteiger partial charge in [0.1, 0.15) is 5.82 Å². The fraction of sp³-hybridized carbons (Fsp3) is 0.300. The summed E-state index contributed by atoms with van der Waals surface area (Å²) in [6.07, 6.45) is -0.577. The van der Waals surface area contributed by atoms with Gasteiger partial charge in [0.15, 0.2) is 0 Å². The molecule has 1 aromatic heterocycles. The van der Waals surface area contributed by atoms with Crippen LogP contribution in [0.5, 0.6) is 0 Å². The van der Waals surface area contributed by atoms with Gasteiger partial charge < -0.3 is 14.6 Å². The van der Waals surface area contributed by atoms with Gasteiger partial charge in [0, 0.05) is 13.1 Å². The van der Waals surface area contributed by atoms with Crippen LogP contribution in [0.1, 0.15) is 18.4 Å². The lowest BCUT2D eigenvalue weighted by molar-refractivity contribution is 0.136. The first-order valence-electron chi connectivity index (χ1n) is 9.28. The number of rotatable bonds is 4. The third kappa shape index (κ3) is 3.69. The van der Waals surface area contributed by atoms with Crippen LogP contribution in [0, 0.1) is 5.82 Å². The van der Waals surface area contributed by atoms with Crippen molar-refractivity contribution in [1.82, 2.24) is 14.5 Å². The Morgan fingerprint density at radius 3 is 2.41 bits per heavy atom. The van der Waals surface area contributed by atoms with E-state index in [1.54, 1.807) is 34.9 Å². The van der Waals surface area contributed by atoms with Gasteiger partial charge in [-0.3, -0.25) is 0 Å². The largest absolute Gasteiger partial charge is 0.465 e. The molecule has 1 amide bonds. The number of benzene rings is 2. The number of nitrogens with zero attached hydrogens (tertiary/aromatic N) is 3. The van der Waals surface area contributed by atoms with Crippen molar-refractivity contribution < 1.29 is 22.7 Å². The lowest BCUT2D eigenvalue weighted by Gasteiger charge is -2.29. The van der Waals surface area contributed by atoms with Crippen LogP contribution < -0.4 is 0 Å². The Morgan fingerprint density at radius 2 is 1.76 bits per heavy atom. The highest BCUT2D eigenvalue weighted by Gasteiger charge is 2.36. The van der Waals surface area contributed by atoms with Crippen LogP contribution in [-0.2, 0) is 16.4 Å². The third-order valence-electron chi connectivity index (χ3n) is 5.28. The molecule has 0 radical (unpaired) electrons. The van der Waals surface area contributed by atoms with Gasteiger partial charge in [-0.05, 0) is 42.7 Å². The smallest absolute Gasteiger partial charge is 0.407 e. The number of para-hydroxylation sites is 2. The average Bonchev–Trinajstić information content (AvgIpc) is 3.09. The quantitative estimate of drug-likeness (QED) is 0.704.